The molecule has 0 aliphatic rings. The van der Waals surface area contributed by atoms with Crippen molar-refractivity contribution in [2.24, 2.45) is 0 Å². The van der Waals surface area contributed by atoms with Crippen LogP contribution in [-0.2, 0) is 0 Å². The fourth-order valence-corrected chi connectivity index (χ4v) is 1.07. The van der Waals surface area contributed by atoms with Gasteiger partial charge in [-0.1, -0.05) is 19.4 Å². The second-order valence-corrected chi connectivity index (χ2v) is 4.74. The van der Waals surface area contributed by atoms with E-state index in [1.165, 1.54) is 0 Å². The summed E-state index contributed by atoms with van der Waals surface area (Å²) in [5, 5.41) is 0. The van der Waals surface area contributed by atoms with E-state index in [2.05, 4.69) is 0 Å². The third kappa shape index (κ3) is 6.08. The van der Waals surface area contributed by atoms with Crippen LogP contribution < -0.4 is 0 Å². The van der Waals surface area contributed by atoms with Crippen molar-refractivity contribution in [2.75, 3.05) is 0 Å². The zero-order valence-electron chi connectivity index (χ0n) is 4.62. The Labute approximate surface area is 44.7 Å². The van der Waals surface area contributed by atoms with Gasteiger partial charge in [-0.25, -0.2) is 8.78 Å². The van der Waals surface area contributed by atoms with Crippen LogP contribution in [-0.4, -0.2) is 15.6 Å². The van der Waals surface area contributed by atoms with Crippen molar-refractivity contribution < 1.29 is 8.78 Å². The fourth-order valence-electron chi connectivity index (χ4n) is 0.356. The van der Waals surface area contributed by atoms with Gasteiger partial charge in [0.05, 0.1) is 0 Å². The van der Waals surface area contributed by atoms with Crippen molar-refractivity contribution in [3.8, 4) is 0 Å². The minimum absolute atomic E-state index is 0.264. The van der Waals surface area contributed by atoms with Crippen molar-refractivity contribution in [3.05, 3.63) is 0 Å². The molecule has 3 heteroatoms. The molecule has 0 aromatic heterocycles. The van der Waals surface area contributed by atoms with Gasteiger partial charge < -0.3 is 0 Å². The van der Waals surface area contributed by atoms with Crippen molar-refractivity contribution >= 4 is 9.52 Å². The van der Waals surface area contributed by atoms with E-state index < -0.39 is 15.6 Å². The third-order valence-electron chi connectivity index (χ3n) is 0.650. The highest BCUT2D eigenvalue weighted by atomic mass is 28.2. The Morgan fingerprint density at radius 2 is 1.71 bits per heavy atom. The normalized spacial score (nSPS) is 12.9. The van der Waals surface area contributed by atoms with E-state index >= 15 is 0 Å². The van der Waals surface area contributed by atoms with Crippen LogP contribution in [0.5, 0.6) is 0 Å². The maximum absolute atomic E-state index is 11.3. The van der Waals surface area contributed by atoms with Crippen molar-refractivity contribution in [1.29, 1.82) is 0 Å². The smallest absolute Gasteiger partial charge is 0.214 e. The first kappa shape index (κ1) is 7.08. The SMILES string of the molecule is CC(C)[SiH2]C(F)F. The monoisotopic (exact) mass is 124 g/mol. The Hall–Kier alpha value is 0.0769. The van der Waals surface area contributed by atoms with Gasteiger partial charge in [-0.15, -0.1) is 0 Å². The molecule has 0 rings (SSSR count). The fraction of sp³-hybridized carbons (Fsp3) is 1.00. The van der Waals surface area contributed by atoms with E-state index in [-0.39, 0.29) is 5.54 Å². The van der Waals surface area contributed by atoms with Crippen molar-refractivity contribution in [3.63, 3.8) is 0 Å². The molecule has 0 unspecified atom stereocenters. The maximum atomic E-state index is 11.3. The summed E-state index contributed by atoms with van der Waals surface area (Å²) in [5.74, 6) is 0. The van der Waals surface area contributed by atoms with Crippen molar-refractivity contribution in [2.45, 2.75) is 25.4 Å². The quantitative estimate of drug-likeness (QED) is 0.485. The van der Waals surface area contributed by atoms with Crippen LogP contribution in [0.25, 0.3) is 0 Å². The lowest BCUT2D eigenvalue weighted by Gasteiger charge is -1.98. The molecule has 0 aromatic rings. The van der Waals surface area contributed by atoms with Crippen LogP contribution in [0.2, 0.25) is 5.54 Å². The minimum Gasteiger partial charge on any atom is -0.216 e. The first-order chi connectivity index (χ1) is 3.13. The summed E-state index contributed by atoms with van der Waals surface area (Å²) >= 11 is 0. The molecule has 0 nitrogen and oxygen atoms in total. The van der Waals surface area contributed by atoms with E-state index in [0.717, 1.165) is 0 Å². The van der Waals surface area contributed by atoms with Gasteiger partial charge in [0.1, 0.15) is 9.52 Å². The predicted octanol–water partition coefficient (Wildman–Crippen LogP) is 1.21. The molecule has 0 aliphatic heterocycles. The number of hydrogen-bond acceptors (Lipinski definition) is 0. The largest absolute Gasteiger partial charge is 0.216 e. The number of halogens is 2. The lowest BCUT2D eigenvalue weighted by molar-refractivity contribution is 0.236. The highest BCUT2D eigenvalue weighted by Gasteiger charge is 2.04. The average Bonchev–Trinajstić information content (AvgIpc) is 1.27. The van der Waals surface area contributed by atoms with Gasteiger partial charge in [0.2, 0.25) is 6.05 Å². The molecule has 0 heterocycles. The molecule has 0 saturated carbocycles. The molecule has 0 radical (unpaired) electrons. The molecular formula is C4H10F2Si. The van der Waals surface area contributed by atoms with E-state index in [1.54, 1.807) is 0 Å². The molecule has 0 aliphatic carbocycles. The van der Waals surface area contributed by atoms with Gasteiger partial charge in [0.15, 0.2) is 0 Å². The highest BCUT2D eigenvalue weighted by Crippen LogP contribution is 2.02. The van der Waals surface area contributed by atoms with Gasteiger partial charge in [0.25, 0.3) is 0 Å². The Kier molecular flexibility index (Phi) is 3.16. The summed E-state index contributed by atoms with van der Waals surface area (Å²) < 4.78 is 22.7. The summed E-state index contributed by atoms with van der Waals surface area (Å²) in [5.41, 5.74) is 0.264. The van der Waals surface area contributed by atoms with Crippen molar-refractivity contribution in [1.82, 2.24) is 0 Å². The Morgan fingerprint density at radius 1 is 1.29 bits per heavy atom. The van der Waals surface area contributed by atoms with E-state index in [4.69, 9.17) is 0 Å². The van der Waals surface area contributed by atoms with Crippen LogP contribution in [0, 0.1) is 0 Å². The number of hydrogen-bond donors (Lipinski definition) is 0. The summed E-state index contributed by atoms with van der Waals surface area (Å²) in [4.78, 5) is 0. The van der Waals surface area contributed by atoms with Crippen LogP contribution in [0.15, 0.2) is 0 Å². The molecule has 0 amide bonds. The third-order valence-corrected chi connectivity index (χ3v) is 1.95. The Balaban J connectivity index is 2.95. The maximum Gasteiger partial charge on any atom is 0.214 e. The van der Waals surface area contributed by atoms with Gasteiger partial charge in [-0.05, 0) is 0 Å². The van der Waals surface area contributed by atoms with Gasteiger partial charge in [0, 0.05) is 0 Å². The second kappa shape index (κ2) is 3.13. The lowest BCUT2D eigenvalue weighted by atomic mass is 10.6. The first-order valence-electron chi connectivity index (χ1n) is 2.41. The van der Waals surface area contributed by atoms with Gasteiger partial charge >= 0.3 is 0 Å². The number of alkyl halides is 2. The van der Waals surface area contributed by atoms with E-state index in [0.29, 0.717) is 0 Å². The molecule has 0 fully saturated rings. The Morgan fingerprint density at radius 3 is 1.71 bits per heavy atom. The average molecular weight is 124 g/mol. The summed E-state index contributed by atoms with van der Waals surface area (Å²) in [6.45, 7) is 3.69. The summed E-state index contributed by atoms with van der Waals surface area (Å²) in [7, 11) is -1.05. The van der Waals surface area contributed by atoms with Crippen LogP contribution >= 0.6 is 0 Å². The topological polar surface area (TPSA) is 0 Å². The zero-order chi connectivity index (χ0) is 5.86. The minimum atomic E-state index is -1.99. The second-order valence-electron chi connectivity index (χ2n) is 2.02. The van der Waals surface area contributed by atoms with Crippen LogP contribution in [0.4, 0.5) is 8.78 Å². The standard InChI is InChI=1S/C4H10F2Si/c1-3(2)7-4(5)6/h3-4H,7H2,1-2H3. The molecule has 0 saturated heterocycles. The predicted molar refractivity (Wildman–Crippen MR) is 29.6 cm³/mol. The number of rotatable bonds is 2. The molecule has 0 N–H and O–H groups in total. The van der Waals surface area contributed by atoms with Crippen LogP contribution in [0.1, 0.15) is 13.8 Å². The van der Waals surface area contributed by atoms with Gasteiger partial charge in [-0.2, -0.15) is 0 Å². The zero-order valence-corrected chi connectivity index (χ0v) is 6.03. The summed E-state index contributed by atoms with van der Waals surface area (Å²) in [6.07, 6.45) is 0. The van der Waals surface area contributed by atoms with Crippen LogP contribution in [0.3, 0.4) is 0 Å². The summed E-state index contributed by atoms with van der Waals surface area (Å²) in [6, 6.07) is -1.99. The van der Waals surface area contributed by atoms with E-state index in [9.17, 15) is 8.78 Å². The molecule has 0 atom stereocenters. The molecule has 44 valence electrons. The molecular weight excluding hydrogens is 114 g/mol. The molecule has 7 heavy (non-hydrogen) atoms. The lowest BCUT2D eigenvalue weighted by Crippen LogP contribution is -2.06. The van der Waals surface area contributed by atoms with Gasteiger partial charge in [-0.3, -0.25) is 0 Å². The highest BCUT2D eigenvalue weighted by molar-refractivity contribution is 6.38. The Bertz CT molecular complexity index is 39.0. The molecule has 0 bridgehead atoms. The first-order valence-corrected chi connectivity index (χ1v) is 4.04. The molecule has 0 aromatic carbocycles. The molecule has 0 spiro atoms. The van der Waals surface area contributed by atoms with E-state index in [1.807, 2.05) is 13.8 Å².